The summed E-state index contributed by atoms with van der Waals surface area (Å²) in [5.41, 5.74) is 2.27. The number of nitrogens with zero attached hydrogens (tertiary/aromatic N) is 2. The van der Waals surface area contributed by atoms with Gasteiger partial charge in [0.15, 0.2) is 5.01 Å². The van der Waals surface area contributed by atoms with Crippen molar-refractivity contribution in [3.63, 3.8) is 0 Å². The Kier molecular flexibility index (Phi) is 4.99. The molecule has 0 spiro atoms. The lowest BCUT2D eigenvalue weighted by Crippen LogP contribution is -2.19. The van der Waals surface area contributed by atoms with Crippen molar-refractivity contribution in [3.05, 3.63) is 59.9 Å². The van der Waals surface area contributed by atoms with Gasteiger partial charge in [-0.1, -0.05) is 56.4 Å². The van der Waals surface area contributed by atoms with E-state index >= 15 is 0 Å². The summed E-state index contributed by atoms with van der Waals surface area (Å²) in [5, 5.41) is 13.9. The highest BCUT2D eigenvalue weighted by atomic mass is 32.1. The van der Waals surface area contributed by atoms with E-state index in [0.29, 0.717) is 21.4 Å². The zero-order valence-corrected chi connectivity index (χ0v) is 15.5. The van der Waals surface area contributed by atoms with Crippen LogP contribution in [0.3, 0.4) is 0 Å². The zero-order valence-electron chi connectivity index (χ0n) is 14.7. The summed E-state index contributed by atoms with van der Waals surface area (Å²) in [5.74, 6) is -0.376. The lowest BCUT2D eigenvalue weighted by atomic mass is 9.87. The van der Waals surface area contributed by atoms with Gasteiger partial charge in [-0.15, -0.1) is 10.2 Å². The summed E-state index contributed by atoms with van der Waals surface area (Å²) in [7, 11) is 0. The first-order chi connectivity index (χ1) is 12.3. The molecule has 2 aromatic carbocycles. The van der Waals surface area contributed by atoms with Crippen molar-refractivity contribution < 1.29 is 9.18 Å². The van der Waals surface area contributed by atoms with E-state index in [0.717, 1.165) is 11.3 Å². The first-order valence-corrected chi connectivity index (χ1v) is 8.91. The molecule has 0 radical (unpaired) electrons. The topological polar surface area (TPSA) is 66.9 Å². The highest BCUT2D eigenvalue weighted by Crippen LogP contribution is 2.28. The van der Waals surface area contributed by atoms with Gasteiger partial charge in [-0.2, -0.15) is 0 Å². The minimum absolute atomic E-state index is 0.0520. The van der Waals surface area contributed by atoms with Crippen LogP contribution in [0.25, 0.3) is 10.6 Å². The predicted octanol–water partition coefficient (Wildman–Crippen LogP) is 5.29. The van der Waals surface area contributed by atoms with E-state index in [-0.39, 0.29) is 11.2 Å². The fourth-order valence-electron chi connectivity index (χ4n) is 2.33. The maximum atomic E-state index is 13.8. The third-order valence-corrected chi connectivity index (χ3v) is 4.63. The van der Waals surface area contributed by atoms with Crippen molar-refractivity contribution in [2.24, 2.45) is 0 Å². The summed E-state index contributed by atoms with van der Waals surface area (Å²) in [6.45, 7) is 6.39. The van der Waals surface area contributed by atoms with Crippen LogP contribution in [0, 0.1) is 5.82 Å². The van der Waals surface area contributed by atoms with Gasteiger partial charge in [-0.05, 0) is 35.2 Å². The fourth-order valence-corrected chi connectivity index (χ4v) is 3.10. The van der Waals surface area contributed by atoms with Crippen LogP contribution < -0.4 is 10.6 Å². The Morgan fingerprint density at radius 2 is 1.69 bits per heavy atom. The number of carbonyl (C=O) groups excluding carboxylic acids is 1. The molecule has 3 aromatic rings. The minimum atomic E-state index is -0.426. The maximum absolute atomic E-state index is 13.8. The number of rotatable bonds is 3. The number of halogens is 1. The minimum Gasteiger partial charge on any atom is -0.308 e. The molecule has 0 aliphatic rings. The van der Waals surface area contributed by atoms with Gasteiger partial charge in [0.2, 0.25) is 5.13 Å². The van der Waals surface area contributed by atoms with Crippen LogP contribution in [-0.4, -0.2) is 16.2 Å². The first kappa shape index (κ1) is 18.0. The van der Waals surface area contributed by atoms with E-state index in [2.05, 4.69) is 41.6 Å². The van der Waals surface area contributed by atoms with Gasteiger partial charge in [0.25, 0.3) is 0 Å². The van der Waals surface area contributed by atoms with Crippen LogP contribution >= 0.6 is 11.3 Å². The number of hydrogen-bond donors (Lipinski definition) is 2. The second-order valence-corrected chi connectivity index (χ2v) is 7.78. The van der Waals surface area contributed by atoms with Crippen molar-refractivity contribution >= 4 is 28.2 Å². The Labute approximate surface area is 155 Å². The fraction of sp³-hybridized carbons (Fsp3) is 0.211. The number of amides is 2. The van der Waals surface area contributed by atoms with E-state index in [1.807, 2.05) is 24.3 Å². The van der Waals surface area contributed by atoms with E-state index in [1.165, 1.54) is 11.6 Å². The molecular formula is C19H19FN4OS. The SMILES string of the molecule is CC(C)(C)c1ccc(NC(=O)Nc2nnc(-c3ccccc3F)s2)cc1. The summed E-state index contributed by atoms with van der Waals surface area (Å²) < 4.78 is 13.8. The van der Waals surface area contributed by atoms with Gasteiger partial charge < -0.3 is 5.32 Å². The number of benzene rings is 2. The molecule has 7 heteroatoms. The number of urea groups is 1. The van der Waals surface area contributed by atoms with Gasteiger partial charge in [-0.25, -0.2) is 9.18 Å². The average molecular weight is 370 g/mol. The molecule has 5 nitrogen and oxygen atoms in total. The summed E-state index contributed by atoms with van der Waals surface area (Å²) >= 11 is 1.11. The molecule has 0 aliphatic heterocycles. The first-order valence-electron chi connectivity index (χ1n) is 8.10. The Morgan fingerprint density at radius 1 is 1.00 bits per heavy atom. The number of anilines is 2. The predicted molar refractivity (Wildman–Crippen MR) is 103 cm³/mol. The van der Waals surface area contributed by atoms with Crippen molar-refractivity contribution in [1.29, 1.82) is 0 Å². The third kappa shape index (κ3) is 4.23. The van der Waals surface area contributed by atoms with Crippen molar-refractivity contribution in [2.45, 2.75) is 26.2 Å². The van der Waals surface area contributed by atoms with Gasteiger partial charge in [0.05, 0.1) is 0 Å². The molecule has 0 atom stereocenters. The van der Waals surface area contributed by atoms with Gasteiger partial charge in [0.1, 0.15) is 5.82 Å². The molecule has 0 bridgehead atoms. The number of aromatic nitrogens is 2. The van der Waals surface area contributed by atoms with Crippen molar-refractivity contribution in [2.75, 3.05) is 10.6 Å². The molecule has 134 valence electrons. The Morgan fingerprint density at radius 3 is 2.35 bits per heavy atom. The summed E-state index contributed by atoms with van der Waals surface area (Å²) in [4.78, 5) is 12.1. The van der Waals surface area contributed by atoms with E-state index in [9.17, 15) is 9.18 Å². The summed E-state index contributed by atoms with van der Waals surface area (Å²) in [6.07, 6.45) is 0. The number of carbonyl (C=O) groups is 1. The Bertz CT molecular complexity index is 916. The van der Waals surface area contributed by atoms with Crippen molar-refractivity contribution in [3.8, 4) is 10.6 Å². The molecule has 0 aliphatic carbocycles. The van der Waals surface area contributed by atoms with Crippen LogP contribution in [0.5, 0.6) is 0 Å². The van der Waals surface area contributed by atoms with Crippen LogP contribution in [0.4, 0.5) is 20.0 Å². The highest BCUT2D eigenvalue weighted by Gasteiger charge is 2.14. The Balaban J connectivity index is 1.65. The third-order valence-electron chi connectivity index (χ3n) is 3.76. The molecule has 3 rings (SSSR count). The quantitative estimate of drug-likeness (QED) is 0.659. The second kappa shape index (κ2) is 7.21. The molecule has 0 fully saturated rings. The lowest BCUT2D eigenvalue weighted by molar-refractivity contribution is 0.262. The van der Waals surface area contributed by atoms with Crippen LogP contribution in [0.1, 0.15) is 26.3 Å². The standard InChI is InChI=1S/C19H19FN4OS/c1-19(2,3)12-8-10-13(11-9-12)21-17(25)22-18-24-23-16(26-18)14-6-4-5-7-15(14)20/h4-11H,1-3H3,(H2,21,22,24,25). The molecule has 2 N–H and O–H groups in total. The average Bonchev–Trinajstić information content (AvgIpc) is 3.03. The van der Waals surface area contributed by atoms with E-state index < -0.39 is 6.03 Å². The normalized spacial score (nSPS) is 11.2. The number of nitrogens with one attached hydrogen (secondary N) is 2. The van der Waals surface area contributed by atoms with Gasteiger partial charge >= 0.3 is 6.03 Å². The lowest BCUT2D eigenvalue weighted by Gasteiger charge is -2.19. The van der Waals surface area contributed by atoms with Crippen LogP contribution in [0.2, 0.25) is 0 Å². The molecule has 1 aromatic heterocycles. The van der Waals surface area contributed by atoms with E-state index in [1.54, 1.807) is 18.2 Å². The van der Waals surface area contributed by atoms with E-state index in [4.69, 9.17) is 0 Å². The Hall–Kier alpha value is -2.80. The smallest absolute Gasteiger partial charge is 0.308 e. The van der Waals surface area contributed by atoms with Crippen LogP contribution in [0.15, 0.2) is 48.5 Å². The molecule has 1 heterocycles. The zero-order chi connectivity index (χ0) is 18.7. The largest absolute Gasteiger partial charge is 0.325 e. The molecule has 0 saturated carbocycles. The second-order valence-electron chi connectivity index (χ2n) is 6.80. The molecule has 2 amide bonds. The summed E-state index contributed by atoms with van der Waals surface area (Å²) in [6, 6.07) is 13.6. The highest BCUT2D eigenvalue weighted by molar-refractivity contribution is 7.18. The molecular weight excluding hydrogens is 351 g/mol. The van der Waals surface area contributed by atoms with Crippen LogP contribution in [-0.2, 0) is 5.41 Å². The van der Waals surface area contributed by atoms with Crippen molar-refractivity contribution in [1.82, 2.24) is 10.2 Å². The van der Waals surface area contributed by atoms with Gasteiger partial charge in [-0.3, -0.25) is 5.32 Å². The monoisotopic (exact) mass is 370 g/mol. The number of hydrogen-bond acceptors (Lipinski definition) is 4. The molecule has 0 saturated heterocycles. The molecule has 26 heavy (non-hydrogen) atoms. The molecule has 0 unspecified atom stereocenters. The van der Waals surface area contributed by atoms with Gasteiger partial charge in [0, 0.05) is 11.3 Å². The maximum Gasteiger partial charge on any atom is 0.325 e.